The molecule has 0 saturated carbocycles. The molecule has 0 radical (unpaired) electrons. The van der Waals surface area contributed by atoms with Crippen molar-refractivity contribution in [2.45, 2.75) is 26.3 Å². The van der Waals surface area contributed by atoms with Crippen molar-refractivity contribution >= 4 is 5.78 Å². The van der Waals surface area contributed by atoms with Gasteiger partial charge in [-0.25, -0.2) is 4.98 Å². The van der Waals surface area contributed by atoms with Crippen molar-refractivity contribution < 1.29 is 9.21 Å². The Morgan fingerprint density at radius 2 is 2.43 bits per heavy atom. The monoisotopic (exact) mass is 194 g/mol. The molecule has 0 amide bonds. The zero-order valence-electron chi connectivity index (χ0n) is 8.49. The Kier molecular flexibility index (Phi) is 2.37. The van der Waals surface area contributed by atoms with Crippen molar-refractivity contribution in [2.75, 3.05) is 13.1 Å². The van der Waals surface area contributed by atoms with E-state index in [2.05, 4.69) is 9.88 Å². The molecule has 4 nitrogen and oxygen atoms in total. The SMILES string of the molecule is Cc1cnc(C(C)N2CCC(=O)C2)o1. The van der Waals surface area contributed by atoms with Gasteiger partial charge < -0.3 is 4.42 Å². The summed E-state index contributed by atoms with van der Waals surface area (Å²) in [4.78, 5) is 17.4. The number of hydrogen-bond donors (Lipinski definition) is 0. The first-order valence-electron chi connectivity index (χ1n) is 4.85. The van der Waals surface area contributed by atoms with Crippen molar-refractivity contribution in [2.24, 2.45) is 0 Å². The van der Waals surface area contributed by atoms with Gasteiger partial charge in [-0.1, -0.05) is 0 Å². The third-order valence-corrected chi connectivity index (χ3v) is 2.60. The van der Waals surface area contributed by atoms with Crippen LogP contribution in [-0.4, -0.2) is 28.8 Å². The van der Waals surface area contributed by atoms with Crippen molar-refractivity contribution in [3.8, 4) is 0 Å². The number of ketones is 1. The fraction of sp³-hybridized carbons (Fsp3) is 0.600. The van der Waals surface area contributed by atoms with Crippen LogP contribution in [-0.2, 0) is 4.79 Å². The molecule has 14 heavy (non-hydrogen) atoms. The lowest BCUT2D eigenvalue weighted by molar-refractivity contribution is -0.117. The maximum absolute atomic E-state index is 11.1. The molecule has 0 aromatic carbocycles. The van der Waals surface area contributed by atoms with Gasteiger partial charge in [0.05, 0.1) is 18.8 Å². The highest BCUT2D eigenvalue weighted by atomic mass is 16.4. The lowest BCUT2D eigenvalue weighted by atomic mass is 10.3. The lowest BCUT2D eigenvalue weighted by Gasteiger charge is -2.19. The highest BCUT2D eigenvalue weighted by Gasteiger charge is 2.27. The molecule has 1 aromatic rings. The predicted octanol–water partition coefficient (Wildman–Crippen LogP) is 1.32. The van der Waals surface area contributed by atoms with Crippen molar-refractivity contribution in [3.63, 3.8) is 0 Å². The summed E-state index contributed by atoms with van der Waals surface area (Å²) in [5, 5.41) is 0. The van der Waals surface area contributed by atoms with Crippen molar-refractivity contribution in [3.05, 3.63) is 17.8 Å². The number of hydrogen-bond acceptors (Lipinski definition) is 4. The molecule has 2 heterocycles. The minimum absolute atomic E-state index is 0.107. The van der Waals surface area contributed by atoms with Gasteiger partial charge in [-0.3, -0.25) is 9.69 Å². The number of likely N-dealkylation sites (tertiary alicyclic amines) is 1. The Morgan fingerprint density at radius 3 is 2.93 bits per heavy atom. The Balaban J connectivity index is 2.08. The zero-order valence-corrected chi connectivity index (χ0v) is 8.49. The van der Waals surface area contributed by atoms with Crippen LogP contribution in [0.3, 0.4) is 0 Å². The molecule has 0 bridgehead atoms. The van der Waals surface area contributed by atoms with Crippen LogP contribution in [0.4, 0.5) is 0 Å². The van der Waals surface area contributed by atoms with Gasteiger partial charge in [0.15, 0.2) is 0 Å². The molecule has 76 valence electrons. The molecule has 1 unspecified atom stereocenters. The largest absolute Gasteiger partial charge is 0.444 e. The number of carbonyl (C=O) groups is 1. The van der Waals surface area contributed by atoms with Gasteiger partial charge in [0, 0.05) is 13.0 Å². The van der Waals surface area contributed by atoms with Crippen LogP contribution in [0, 0.1) is 6.92 Å². The minimum Gasteiger partial charge on any atom is -0.444 e. The van der Waals surface area contributed by atoms with E-state index >= 15 is 0 Å². The predicted molar refractivity (Wildman–Crippen MR) is 50.9 cm³/mol. The first kappa shape index (κ1) is 9.40. The number of Topliss-reactive ketones (excluding diaryl/α,β-unsaturated/α-hetero) is 1. The molecule has 2 rings (SSSR count). The molecular weight excluding hydrogens is 180 g/mol. The Hall–Kier alpha value is -1.16. The lowest BCUT2D eigenvalue weighted by Crippen LogP contribution is -2.24. The standard InChI is InChI=1S/C10H14N2O2/c1-7-5-11-10(14-7)8(2)12-4-3-9(13)6-12/h5,8H,3-4,6H2,1-2H3. The van der Waals surface area contributed by atoms with Crippen LogP contribution < -0.4 is 0 Å². The molecule has 1 aliphatic heterocycles. The number of aromatic nitrogens is 1. The summed E-state index contributed by atoms with van der Waals surface area (Å²) in [6.07, 6.45) is 2.37. The van der Waals surface area contributed by atoms with Crippen molar-refractivity contribution in [1.29, 1.82) is 0 Å². The van der Waals surface area contributed by atoms with Gasteiger partial charge in [0.2, 0.25) is 5.89 Å². The normalized spacial score (nSPS) is 20.3. The van der Waals surface area contributed by atoms with Gasteiger partial charge in [-0.2, -0.15) is 0 Å². The Labute approximate surface area is 82.9 Å². The Bertz CT molecular complexity index is 346. The molecule has 1 atom stereocenters. The van der Waals surface area contributed by atoms with Gasteiger partial charge in [-0.05, 0) is 13.8 Å². The first-order valence-corrected chi connectivity index (χ1v) is 4.85. The molecule has 0 aliphatic carbocycles. The Morgan fingerprint density at radius 1 is 1.64 bits per heavy atom. The van der Waals surface area contributed by atoms with E-state index in [1.165, 1.54) is 0 Å². The fourth-order valence-electron chi connectivity index (χ4n) is 1.71. The third kappa shape index (κ3) is 1.70. The molecular formula is C10H14N2O2. The fourth-order valence-corrected chi connectivity index (χ4v) is 1.71. The molecule has 1 aromatic heterocycles. The van der Waals surface area contributed by atoms with Crippen LogP contribution in [0.5, 0.6) is 0 Å². The maximum atomic E-state index is 11.1. The van der Waals surface area contributed by atoms with Crippen molar-refractivity contribution in [1.82, 2.24) is 9.88 Å². The minimum atomic E-state index is 0.107. The first-order chi connectivity index (χ1) is 6.66. The van der Waals surface area contributed by atoms with E-state index in [9.17, 15) is 4.79 Å². The average molecular weight is 194 g/mol. The smallest absolute Gasteiger partial charge is 0.211 e. The van der Waals surface area contributed by atoms with Gasteiger partial charge in [-0.15, -0.1) is 0 Å². The summed E-state index contributed by atoms with van der Waals surface area (Å²) in [5.41, 5.74) is 0. The topological polar surface area (TPSA) is 46.3 Å². The highest BCUT2D eigenvalue weighted by Crippen LogP contribution is 2.22. The van der Waals surface area contributed by atoms with E-state index < -0.39 is 0 Å². The van der Waals surface area contributed by atoms with E-state index in [-0.39, 0.29) is 6.04 Å². The second-order valence-electron chi connectivity index (χ2n) is 3.74. The molecule has 4 heteroatoms. The second-order valence-corrected chi connectivity index (χ2v) is 3.74. The van der Waals surface area contributed by atoms with Gasteiger partial charge in [0.25, 0.3) is 0 Å². The van der Waals surface area contributed by atoms with Crippen LogP contribution in [0.15, 0.2) is 10.6 Å². The molecule has 1 saturated heterocycles. The second kappa shape index (κ2) is 3.53. The number of rotatable bonds is 2. The van der Waals surface area contributed by atoms with E-state index in [1.54, 1.807) is 6.20 Å². The number of aryl methyl sites for hydroxylation is 1. The summed E-state index contributed by atoms with van der Waals surface area (Å²) in [5.74, 6) is 1.83. The van der Waals surface area contributed by atoms with E-state index in [4.69, 9.17) is 4.42 Å². The summed E-state index contributed by atoms with van der Waals surface area (Å²) in [6, 6.07) is 0.107. The molecule has 0 N–H and O–H groups in total. The third-order valence-electron chi connectivity index (χ3n) is 2.60. The van der Waals surface area contributed by atoms with Crippen LogP contribution >= 0.6 is 0 Å². The molecule has 1 fully saturated rings. The van der Waals surface area contributed by atoms with E-state index in [0.29, 0.717) is 24.6 Å². The molecule has 0 spiro atoms. The zero-order chi connectivity index (χ0) is 10.1. The van der Waals surface area contributed by atoms with Crippen LogP contribution in [0.1, 0.15) is 31.0 Å². The van der Waals surface area contributed by atoms with E-state index in [0.717, 1.165) is 12.3 Å². The summed E-state index contributed by atoms with van der Waals surface area (Å²) in [7, 11) is 0. The van der Waals surface area contributed by atoms with E-state index in [1.807, 2.05) is 13.8 Å². The average Bonchev–Trinajstić information content (AvgIpc) is 2.73. The number of nitrogens with zero attached hydrogens (tertiary/aromatic N) is 2. The molecule has 1 aliphatic rings. The number of oxazole rings is 1. The summed E-state index contributed by atoms with van der Waals surface area (Å²) >= 11 is 0. The summed E-state index contributed by atoms with van der Waals surface area (Å²) in [6.45, 7) is 5.24. The maximum Gasteiger partial charge on any atom is 0.211 e. The summed E-state index contributed by atoms with van der Waals surface area (Å²) < 4.78 is 5.43. The van der Waals surface area contributed by atoms with Crippen LogP contribution in [0.25, 0.3) is 0 Å². The quantitative estimate of drug-likeness (QED) is 0.712. The highest BCUT2D eigenvalue weighted by molar-refractivity contribution is 5.82. The van der Waals surface area contributed by atoms with Crippen LogP contribution in [0.2, 0.25) is 0 Å². The number of carbonyl (C=O) groups excluding carboxylic acids is 1. The van der Waals surface area contributed by atoms with Gasteiger partial charge in [0.1, 0.15) is 11.5 Å². The van der Waals surface area contributed by atoms with Gasteiger partial charge >= 0.3 is 0 Å².